The number of rotatable bonds is 11. The van der Waals surface area contributed by atoms with E-state index in [9.17, 15) is 4.79 Å². The minimum atomic E-state index is -0.0342. The number of nitrogens with zero attached hydrogens (tertiary/aromatic N) is 1. The molecule has 1 unspecified atom stereocenters. The van der Waals surface area contributed by atoms with Crippen molar-refractivity contribution in [2.75, 3.05) is 32.8 Å². The number of H-pyrrole nitrogens is 1. The van der Waals surface area contributed by atoms with E-state index in [0.717, 1.165) is 36.9 Å². The van der Waals surface area contributed by atoms with Gasteiger partial charge in [0.2, 0.25) is 5.91 Å². The van der Waals surface area contributed by atoms with Crippen molar-refractivity contribution in [2.24, 2.45) is 0 Å². The second-order valence-electron chi connectivity index (χ2n) is 7.55. The molecule has 2 aromatic carbocycles. The molecule has 6 heteroatoms. The van der Waals surface area contributed by atoms with Gasteiger partial charge in [-0.15, -0.1) is 0 Å². The number of aryl methyl sites for hydroxylation is 1. The maximum absolute atomic E-state index is 13.0. The third kappa shape index (κ3) is 5.37. The third-order valence-corrected chi connectivity index (χ3v) is 6.12. The standard InChI is InChI=1S/C25H32N2O3S/c1-5-14-27(25(28)17-31-4)22(18-11-13-23(29-2)24(15-18)30-3)12-10-19-16-26-21-9-7-6-8-20(19)21/h6-9,11,13,15-16,22,26H,5,10,12,14,17H2,1-4H3. The molecule has 1 aromatic heterocycles. The Morgan fingerprint density at radius 1 is 1.13 bits per heavy atom. The largest absolute Gasteiger partial charge is 0.493 e. The van der Waals surface area contributed by atoms with Crippen molar-refractivity contribution in [3.8, 4) is 11.5 Å². The van der Waals surface area contributed by atoms with Crippen molar-refractivity contribution in [2.45, 2.75) is 32.2 Å². The van der Waals surface area contributed by atoms with E-state index in [1.54, 1.807) is 26.0 Å². The highest BCUT2D eigenvalue weighted by Gasteiger charge is 2.25. The van der Waals surface area contributed by atoms with Gasteiger partial charge < -0.3 is 19.4 Å². The van der Waals surface area contributed by atoms with Gasteiger partial charge in [0.1, 0.15) is 0 Å². The van der Waals surface area contributed by atoms with Crippen molar-refractivity contribution in [3.05, 3.63) is 59.8 Å². The Hall–Kier alpha value is -2.60. The average Bonchev–Trinajstić information content (AvgIpc) is 3.21. The molecule has 0 spiro atoms. The highest BCUT2D eigenvalue weighted by Crippen LogP contribution is 2.35. The van der Waals surface area contributed by atoms with Crippen LogP contribution in [0.5, 0.6) is 11.5 Å². The zero-order valence-electron chi connectivity index (χ0n) is 18.8. The Balaban J connectivity index is 1.95. The van der Waals surface area contributed by atoms with Gasteiger partial charge in [-0.1, -0.05) is 31.2 Å². The van der Waals surface area contributed by atoms with E-state index in [0.29, 0.717) is 17.3 Å². The molecule has 5 nitrogen and oxygen atoms in total. The van der Waals surface area contributed by atoms with Crippen LogP contribution in [0.3, 0.4) is 0 Å². The zero-order chi connectivity index (χ0) is 22.2. The molecule has 1 N–H and O–H groups in total. The van der Waals surface area contributed by atoms with Crippen LogP contribution in [0.15, 0.2) is 48.7 Å². The molecular weight excluding hydrogens is 408 g/mol. The highest BCUT2D eigenvalue weighted by atomic mass is 32.2. The molecule has 0 aliphatic heterocycles. The fraction of sp³-hybridized carbons (Fsp3) is 0.400. The first-order valence-corrected chi connectivity index (χ1v) is 12.1. The number of aromatic nitrogens is 1. The van der Waals surface area contributed by atoms with E-state index in [-0.39, 0.29) is 11.9 Å². The molecule has 0 saturated carbocycles. The molecule has 3 aromatic rings. The van der Waals surface area contributed by atoms with Crippen LogP contribution in [0.25, 0.3) is 10.9 Å². The minimum Gasteiger partial charge on any atom is -0.493 e. The molecule has 1 heterocycles. The first-order valence-electron chi connectivity index (χ1n) is 10.7. The molecule has 3 rings (SSSR count). The Morgan fingerprint density at radius 3 is 2.61 bits per heavy atom. The van der Waals surface area contributed by atoms with Gasteiger partial charge in [0, 0.05) is 23.6 Å². The van der Waals surface area contributed by atoms with Crippen LogP contribution in [0.4, 0.5) is 0 Å². The fourth-order valence-corrected chi connectivity index (χ4v) is 4.51. The van der Waals surface area contributed by atoms with Gasteiger partial charge >= 0.3 is 0 Å². The van der Waals surface area contributed by atoms with E-state index < -0.39 is 0 Å². The minimum absolute atomic E-state index is 0.0342. The van der Waals surface area contributed by atoms with E-state index in [2.05, 4.69) is 42.4 Å². The first-order chi connectivity index (χ1) is 15.1. The smallest absolute Gasteiger partial charge is 0.233 e. The summed E-state index contributed by atoms with van der Waals surface area (Å²) in [6.07, 6.45) is 6.67. The van der Waals surface area contributed by atoms with E-state index in [1.807, 2.05) is 29.4 Å². The summed E-state index contributed by atoms with van der Waals surface area (Å²) in [5.41, 5.74) is 3.49. The molecule has 0 radical (unpaired) electrons. The SMILES string of the molecule is CCCN(C(=O)CSC)C(CCc1c[nH]c2ccccc12)c1ccc(OC)c(OC)c1. The average molecular weight is 441 g/mol. The predicted octanol–water partition coefficient (Wildman–Crippen LogP) is 5.46. The van der Waals surface area contributed by atoms with Crippen LogP contribution < -0.4 is 9.47 Å². The summed E-state index contributed by atoms with van der Waals surface area (Å²) in [5.74, 6) is 2.04. The number of thioether (sulfide) groups is 1. The Morgan fingerprint density at radius 2 is 1.90 bits per heavy atom. The number of hydrogen-bond acceptors (Lipinski definition) is 4. The summed E-state index contributed by atoms with van der Waals surface area (Å²) in [4.78, 5) is 18.4. The lowest BCUT2D eigenvalue weighted by molar-refractivity contribution is -0.131. The Bertz CT molecular complexity index is 1000. The second kappa shape index (κ2) is 11.1. The molecule has 31 heavy (non-hydrogen) atoms. The van der Waals surface area contributed by atoms with E-state index >= 15 is 0 Å². The van der Waals surface area contributed by atoms with Crippen molar-refractivity contribution in [1.29, 1.82) is 0 Å². The number of amides is 1. The topological polar surface area (TPSA) is 54.6 Å². The summed E-state index contributed by atoms with van der Waals surface area (Å²) < 4.78 is 11.0. The molecule has 0 saturated heterocycles. The van der Waals surface area contributed by atoms with Crippen molar-refractivity contribution < 1.29 is 14.3 Å². The summed E-state index contributed by atoms with van der Waals surface area (Å²) in [7, 11) is 3.28. The number of benzene rings is 2. The van der Waals surface area contributed by atoms with Crippen molar-refractivity contribution in [1.82, 2.24) is 9.88 Å². The maximum atomic E-state index is 13.0. The van der Waals surface area contributed by atoms with Crippen LogP contribution in [-0.4, -0.2) is 48.6 Å². The number of fused-ring (bicyclic) bond motifs is 1. The number of methoxy groups -OCH3 is 2. The molecule has 0 aliphatic carbocycles. The van der Waals surface area contributed by atoms with Gasteiger partial charge in [0.05, 0.1) is 26.0 Å². The number of nitrogens with one attached hydrogen (secondary N) is 1. The van der Waals surface area contributed by atoms with Gasteiger partial charge in [-0.2, -0.15) is 11.8 Å². The molecule has 1 amide bonds. The lowest BCUT2D eigenvalue weighted by Crippen LogP contribution is -2.37. The fourth-order valence-electron chi connectivity index (χ4n) is 4.09. The lowest BCUT2D eigenvalue weighted by Gasteiger charge is -2.32. The van der Waals surface area contributed by atoms with Gasteiger partial charge in [-0.3, -0.25) is 4.79 Å². The monoisotopic (exact) mass is 440 g/mol. The summed E-state index contributed by atoms with van der Waals surface area (Å²) in [6, 6.07) is 14.3. The molecule has 0 bridgehead atoms. The lowest BCUT2D eigenvalue weighted by atomic mass is 9.96. The summed E-state index contributed by atoms with van der Waals surface area (Å²) in [5, 5.41) is 1.24. The van der Waals surface area contributed by atoms with Crippen LogP contribution in [0.2, 0.25) is 0 Å². The van der Waals surface area contributed by atoms with Gasteiger partial charge in [-0.25, -0.2) is 0 Å². The number of carbonyl (C=O) groups is 1. The number of para-hydroxylation sites is 1. The van der Waals surface area contributed by atoms with Crippen LogP contribution in [0.1, 0.15) is 36.9 Å². The Labute approximate surface area is 189 Å². The molecule has 0 fully saturated rings. The molecule has 1 atom stereocenters. The second-order valence-corrected chi connectivity index (χ2v) is 8.41. The molecule has 166 valence electrons. The number of carbonyl (C=O) groups excluding carboxylic acids is 1. The summed E-state index contributed by atoms with van der Waals surface area (Å²) in [6.45, 7) is 2.84. The normalized spacial score (nSPS) is 12.0. The van der Waals surface area contributed by atoms with Crippen molar-refractivity contribution in [3.63, 3.8) is 0 Å². The quantitative estimate of drug-likeness (QED) is 0.430. The zero-order valence-corrected chi connectivity index (χ0v) is 19.6. The van der Waals surface area contributed by atoms with Crippen LogP contribution in [-0.2, 0) is 11.2 Å². The number of ether oxygens (including phenoxy) is 2. The third-order valence-electron chi connectivity index (χ3n) is 5.58. The van der Waals surface area contributed by atoms with Gasteiger partial charge in [-0.05, 0) is 54.8 Å². The Kier molecular flexibility index (Phi) is 8.29. The molecule has 0 aliphatic rings. The highest BCUT2D eigenvalue weighted by molar-refractivity contribution is 7.99. The van der Waals surface area contributed by atoms with Crippen molar-refractivity contribution >= 4 is 28.6 Å². The van der Waals surface area contributed by atoms with E-state index in [1.165, 1.54) is 10.9 Å². The van der Waals surface area contributed by atoms with Crippen LogP contribution >= 0.6 is 11.8 Å². The first kappa shape index (κ1) is 23.1. The maximum Gasteiger partial charge on any atom is 0.233 e. The predicted molar refractivity (Wildman–Crippen MR) is 129 cm³/mol. The molecular formula is C25H32N2O3S. The van der Waals surface area contributed by atoms with Crippen LogP contribution in [0, 0.1) is 0 Å². The number of aromatic amines is 1. The summed E-state index contributed by atoms with van der Waals surface area (Å²) >= 11 is 1.57. The number of hydrogen-bond donors (Lipinski definition) is 1. The van der Waals surface area contributed by atoms with E-state index in [4.69, 9.17) is 9.47 Å². The van der Waals surface area contributed by atoms with Gasteiger partial charge in [0.25, 0.3) is 0 Å². The van der Waals surface area contributed by atoms with Gasteiger partial charge in [0.15, 0.2) is 11.5 Å².